The first-order valence-corrected chi connectivity index (χ1v) is 9.91. The van der Waals surface area contributed by atoms with Crippen LogP contribution < -0.4 is 10.0 Å². The van der Waals surface area contributed by atoms with Crippen LogP contribution in [0.3, 0.4) is 0 Å². The molecule has 0 aliphatic rings. The van der Waals surface area contributed by atoms with Crippen LogP contribution in [0.25, 0.3) is 0 Å². The van der Waals surface area contributed by atoms with E-state index in [9.17, 15) is 8.42 Å². The van der Waals surface area contributed by atoms with Crippen molar-refractivity contribution >= 4 is 21.6 Å². The standard InChI is InChI=1S/C18H23ClN2O2S/c1-14(2)21-24(22,23)13-17-9-4-3-7-15(17)11-20-12-16-8-5-6-10-18(16)19/h3-10,14,20-21H,11-13H2,1-2H3. The fraction of sp³-hybridized carbons (Fsp3) is 0.333. The van der Waals surface area contributed by atoms with Gasteiger partial charge in [0.15, 0.2) is 0 Å². The lowest BCUT2D eigenvalue weighted by Gasteiger charge is -2.13. The number of nitrogens with one attached hydrogen (secondary N) is 2. The number of hydrogen-bond acceptors (Lipinski definition) is 3. The van der Waals surface area contributed by atoms with Gasteiger partial charge in [0.25, 0.3) is 0 Å². The van der Waals surface area contributed by atoms with E-state index in [4.69, 9.17) is 11.6 Å². The van der Waals surface area contributed by atoms with Gasteiger partial charge < -0.3 is 5.32 Å². The summed E-state index contributed by atoms with van der Waals surface area (Å²) in [4.78, 5) is 0. The van der Waals surface area contributed by atoms with Crippen molar-refractivity contribution < 1.29 is 8.42 Å². The van der Waals surface area contributed by atoms with E-state index in [1.165, 1.54) is 0 Å². The summed E-state index contributed by atoms with van der Waals surface area (Å²) in [5, 5.41) is 4.05. The molecule has 0 atom stereocenters. The van der Waals surface area contributed by atoms with Gasteiger partial charge in [-0.25, -0.2) is 13.1 Å². The molecule has 2 rings (SSSR count). The molecule has 0 bridgehead atoms. The number of hydrogen-bond donors (Lipinski definition) is 2. The number of sulfonamides is 1. The van der Waals surface area contributed by atoms with Gasteiger partial charge in [-0.2, -0.15) is 0 Å². The third-order valence-corrected chi connectivity index (χ3v) is 5.36. The molecular formula is C18H23ClN2O2S. The van der Waals surface area contributed by atoms with Crippen LogP contribution in [0.1, 0.15) is 30.5 Å². The Kier molecular flexibility index (Phi) is 6.80. The molecule has 4 nitrogen and oxygen atoms in total. The SMILES string of the molecule is CC(C)NS(=O)(=O)Cc1ccccc1CNCc1ccccc1Cl. The molecule has 0 aliphatic heterocycles. The second-order valence-corrected chi connectivity index (χ2v) is 8.16. The second kappa shape index (κ2) is 8.62. The Morgan fingerprint density at radius 3 is 2.08 bits per heavy atom. The molecule has 0 heterocycles. The van der Waals surface area contributed by atoms with Crippen LogP contribution >= 0.6 is 11.6 Å². The minimum atomic E-state index is -3.34. The molecule has 6 heteroatoms. The molecule has 24 heavy (non-hydrogen) atoms. The molecule has 0 saturated carbocycles. The molecule has 0 aromatic heterocycles. The molecule has 0 radical (unpaired) electrons. The van der Waals surface area contributed by atoms with Crippen molar-refractivity contribution in [2.24, 2.45) is 0 Å². The van der Waals surface area contributed by atoms with Crippen LogP contribution in [0.4, 0.5) is 0 Å². The van der Waals surface area contributed by atoms with Crippen molar-refractivity contribution in [3.8, 4) is 0 Å². The molecule has 2 aromatic carbocycles. The van der Waals surface area contributed by atoms with Gasteiger partial charge in [0.2, 0.25) is 10.0 Å². The molecule has 0 amide bonds. The summed E-state index contributed by atoms with van der Waals surface area (Å²) in [6.07, 6.45) is 0. The Hall–Kier alpha value is -1.40. The minimum Gasteiger partial charge on any atom is -0.309 e. The van der Waals surface area contributed by atoms with E-state index in [0.717, 1.165) is 21.7 Å². The lowest BCUT2D eigenvalue weighted by Crippen LogP contribution is -2.31. The fourth-order valence-corrected chi connectivity index (χ4v) is 4.15. The first-order valence-electron chi connectivity index (χ1n) is 7.88. The first-order chi connectivity index (χ1) is 11.4. The van der Waals surface area contributed by atoms with Gasteiger partial charge in [-0.3, -0.25) is 0 Å². The maximum atomic E-state index is 12.2. The smallest absolute Gasteiger partial charge is 0.216 e. The Morgan fingerprint density at radius 1 is 0.917 bits per heavy atom. The van der Waals surface area contributed by atoms with E-state index in [1.54, 1.807) is 0 Å². The van der Waals surface area contributed by atoms with E-state index >= 15 is 0 Å². The highest BCUT2D eigenvalue weighted by Crippen LogP contribution is 2.16. The summed E-state index contributed by atoms with van der Waals surface area (Å²) in [5.74, 6) is -0.0187. The van der Waals surface area contributed by atoms with E-state index in [-0.39, 0.29) is 11.8 Å². The van der Waals surface area contributed by atoms with Crippen LogP contribution in [0, 0.1) is 0 Å². The molecular weight excluding hydrogens is 344 g/mol. The maximum Gasteiger partial charge on any atom is 0.216 e. The van der Waals surface area contributed by atoms with Gasteiger partial charge in [-0.15, -0.1) is 0 Å². The molecule has 0 aliphatic carbocycles. The molecule has 130 valence electrons. The van der Waals surface area contributed by atoms with Crippen molar-refractivity contribution in [2.45, 2.75) is 38.7 Å². The summed E-state index contributed by atoms with van der Waals surface area (Å²) in [5.41, 5.74) is 2.79. The zero-order valence-corrected chi connectivity index (χ0v) is 15.5. The summed E-state index contributed by atoms with van der Waals surface area (Å²) >= 11 is 6.15. The monoisotopic (exact) mass is 366 g/mol. The molecule has 2 N–H and O–H groups in total. The van der Waals surface area contributed by atoms with Crippen LogP contribution in [0.2, 0.25) is 5.02 Å². The molecule has 0 spiro atoms. The number of benzene rings is 2. The fourth-order valence-electron chi connectivity index (χ4n) is 2.45. The number of halogens is 1. The van der Waals surface area contributed by atoms with E-state index in [2.05, 4.69) is 10.0 Å². The zero-order valence-electron chi connectivity index (χ0n) is 13.9. The highest BCUT2D eigenvalue weighted by Gasteiger charge is 2.15. The van der Waals surface area contributed by atoms with Crippen molar-refractivity contribution in [1.29, 1.82) is 0 Å². The average Bonchev–Trinajstić information content (AvgIpc) is 2.49. The average molecular weight is 367 g/mol. The first kappa shape index (κ1) is 18.9. The van der Waals surface area contributed by atoms with E-state index < -0.39 is 10.0 Å². The molecule has 2 aromatic rings. The van der Waals surface area contributed by atoms with E-state index in [0.29, 0.717) is 13.1 Å². The van der Waals surface area contributed by atoms with Crippen molar-refractivity contribution in [2.75, 3.05) is 0 Å². The normalized spacial score (nSPS) is 11.8. The summed E-state index contributed by atoms with van der Waals surface area (Å²) in [6, 6.07) is 15.1. The zero-order chi connectivity index (χ0) is 17.6. The Morgan fingerprint density at radius 2 is 1.46 bits per heavy atom. The quantitative estimate of drug-likeness (QED) is 0.752. The summed E-state index contributed by atoms with van der Waals surface area (Å²) < 4.78 is 26.9. The van der Waals surface area contributed by atoms with Crippen molar-refractivity contribution in [3.05, 3.63) is 70.2 Å². The number of rotatable bonds is 8. The van der Waals surface area contributed by atoms with Crippen molar-refractivity contribution in [1.82, 2.24) is 10.0 Å². The predicted octanol–water partition coefficient (Wildman–Crippen LogP) is 3.46. The van der Waals surface area contributed by atoms with Gasteiger partial charge in [0.05, 0.1) is 5.75 Å². The van der Waals surface area contributed by atoms with Crippen LogP contribution in [-0.2, 0) is 28.9 Å². The second-order valence-electron chi connectivity index (χ2n) is 6.00. The van der Waals surface area contributed by atoms with Crippen LogP contribution in [-0.4, -0.2) is 14.5 Å². The Bertz CT molecular complexity index is 776. The van der Waals surface area contributed by atoms with Gasteiger partial charge in [0.1, 0.15) is 0 Å². The third kappa shape index (κ3) is 5.91. The highest BCUT2D eigenvalue weighted by molar-refractivity contribution is 7.88. The largest absolute Gasteiger partial charge is 0.309 e. The third-order valence-electron chi connectivity index (χ3n) is 3.47. The summed E-state index contributed by atoms with van der Waals surface area (Å²) in [6.45, 7) is 4.84. The van der Waals surface area contributed by atoms with Gasteiger partial charge in [-0.1, -0.05) is 54.1 Å². The van der Waals surface area contributed by atoms with Gasteiger partial charge >= 0.3 is 0 Å². The predicted molar refractivity (Wildman–Crippen MR) is 99.3 cm³/mol. The lowest BCUT2D eigenvalue weighted by molar-refractivity contribution is 0.568. The van der Waals surface area contributed by atoms with E-state index in [1.807, 2.05) is 62.4 Å². The van der Waals surface area contributed by atoms with Crippen molar-refractivity contribution in [3.63, 3.8) is 0 Å². The Labute approximate surface area is 149 Å². The highest BCUT2D eigenvalue weighted by atomic mass is 35.5. The molecule has 0 fully saturated rings. The minimum absolute atomic E-state index is 0.0187. The van der Waals surface area contributed by atoms with Gasteiger partial charge in [-0.05, 0) is 36.6 Å². The maximum absolute atomic E-state index is 12.2. The topological polar surface area (TPSA) is 58.2 Å². The summed E-state index contributed by atoms with van der Waals surface area (Å²) in [7, 11) is -3.34. The van der Waals surface area contributed by atoms with Gasteiger partial charge in [0, 0.05) is 24.2 Å². The lowest BCUT2D eigenvalue weighted by atomic mass is 10.1. The van der Waals surface area contributed by atoms with Crippen LogP contribution in [0.15, 0.2) is 48.5 Å². The molecule has 0 saturated heterocycles. The Balaban J connectivity index is 2.02. The molecule has 0 unspecified atom stereocenters. The van der Waals surface area contributed by atoms with Crippen LogP contribution in [0.5, 0.6) is 0 Å².